The minimum Gasteiger partial charge on any atom is -0.516 e. The van der Waals surface area contributed by atoms with E-state index in [4.69, 9.17) is 10.2 Å². The average molecular weight is 151 g/mol. The van der Waals surface area contributed by atoms with E-state index in [9.17, 15) is 0 Å². The van der Waals surface area contributed by atoms with Gasteiger partial charge in [0.15, 0.2) is 0 Å². The largest absolute Gasteiger partial charge is 0.516 e. The number of hydrogen-bond donors (Lipinski definition) is 2. The summed E-state index contributed by atoms with van der Waals surface area (Å²) in [6.07, 6.45) is 2.18. The molecule has 0 amide bonds. The van der Waals surface area contributed by atoms with Crippen molar-refractivity contribution in [3.63, 3.8) is 0 Å². The molecule has 0 unspecified atom stereocenters. The van der Waals surface area contributed by atoms with Crippen LogP contribution in [0.1, 0.15) is 11.4 Å². The normalized spacial score (nSPS) is 10.6. The van der Waals surface area contributed by atoms with Gasteiger partial charge in [0.25, 0.3) is 0 Å². The molecule has 0 fully saturated rings. The van der Waals surface area contributed by atoms with Crippen molar-refractivity contribution < 1.29 is 10.2 Å². The van der Waals surface area contributed by atoms with Crippen LogP contribution >= 0.6 is 0 Å². The van der Waals surface area contributed by atoms with Gasteiger partial charge in [-0.3, -0.25) is 0 Å². The number of aliphatic hydroxyl groups is 1. The molecule has 0 aliphatic carbocycles. The third-order valence-electron chi connectivity index (χ3n) is 1.27. The van der Waals surface area contributed by atoms with Crippen molar-refractivity contribution in [3.05, 3.63) is 29.8 Å². The number of aryl methyl sites for hydroxylation is 1. The first-order valence-electron chi connectivity index (χ1n) is 3.21. The summed E-state index contributed by atoms with van der Waals surface area (Å²) >= 11 is 0. The van der Waals surface area contributed by atoms with Gasteiger partial charge in [0.1, 0.15) is 11.4 Å². The summed E-state index contributed by atoms with van der Waals surface area (Å²) in [4.78, 5) is 3.97. The van der Waals surface area contributed by atoms with Crippen LogP contribution in [0.25, 0.3) is 6.08 Å². The molecular formula is C8H9NO2. The van der Waals surface area contributed by atoms with Crippen LogP contribution in [0.3, 0.4) is 0 Å². The quantitative estimate of drug-likeness (QED) is 0.600. The zero-order valence-corrected chi connectivity index (χ0v) is 6.15. The maximum atomic E-state index is 9.14. The smallest absolute Gasteiger partial charge is 0.141 e. The van der Waals surface area contributed by atoms with Gasteiger partial charge in [-0.05, 0) is 19.1 Å². The van der Waals surface area contributed by atoms with Crippen LogP contribution in [0.2, 0.25) is 0 Å². The summed E-state index contributed by atoms with van der Waals surface area (Å²) < 4.78 is 0. The SMILES string of the molecule is Cc1ccc(O)c(/C=C/O)n1. The monoisotopic (exact) mass is 151 g/mol. The van der Waals surface area contributed by atoms with Gasteiger partial charge >= 0.3 is 0 Å². The molecule has 3 nitrogen and oxygen atoms in total. The molecular weight excluding hydrogens is 142 g/mol. The Morgan fingerprint density at radius 1 is 1.45 bits per heavy atom. The Kier molecular flexibility index (Phi) is 2.11. The van der Waals surface area contributed by atoms with Crippen molar-refractivity contribution >= 4 is 6.08 Å². The summed E-state index contributed by atoms with van der Waals surface area (Å²) in [5, 5.41) is 17.5. The van der Waals surface area contributed by atoms with Crippen molar-refractivity contribution in [2.45, 2.75) is 6.92 Å². The summed E-state index contributed by atoms with van der Waals surface area (Å²) in [6.45, 7) is 1.81. The molecule has 0 atom stereocenters. The first-order valence-corrected chi connectivity index (χ1v) is 3.21. The second-order valence-corrected chi connectivity index (χ2v) is 2.17. The molecule has 1 rings (SSSR count). The third kappa shape index (κ3) is 1.70. The van der Waals surface area contributed by atoms with Crippen molar-refractivity contribution in [3.8, 4) is 5.75 Å². The first-order chi connectivity index (χ1) is 5.24. The Bertz CT molecular complexity index is 281. The topological polar surface area (TPSA) is 53.4 Å². The molecule has 0 aliphatic heterocycles. The van der Waals surface area contributed by atoms with Gasteiger partial charge in [-0.15, -0.1) is 0 Å². The van der Waals surface area contributed by atoms with Crippen LogP contribution in [-0.2, 0) is 0 Å². The van der Waals surface area contributed by atoms with Gasteiger partial charge in [-0.25, -0.2) is 4.98 Å². The second kappa shape index (κ2) is 3.05. The Morgan fingerprint density at radius 2 is 2.18 bits per heavy atom. The Balaban J connectivity index is 3.12. The molecule has 0 radical (unpaired) electrons. The van der Waals surface area contributed by atoms with Gasteiger partial charge in [-0.2, -0.15) is 0 Å². The molecule has 0 spiro atoms. The molecule has 3 heteroatoms. The Labute approximate surface area is 64.6 Å². The Morgan fingerprint density at radius 3 is 2.82 bits per heavy atom. The number of aromatic hydroxyl groups is 1. The lowest BCUT2D eigenvalue weighted by Gasteiger charge is -1.97. The molecule has 0 aromatic carbocycles. The van der Waals surface area contributed by atoms with E-state index in [0.717, 1.165) is 12.0 Å². The van der Waals surface area contributed by atoms with Crippen molar-refractivity contribution in [1.82, 2.24) is 4.98 Å². The number of nitrogens with zero attached hydrogens (tertiary/aromatic N) is 1. The fourth-order valence-corrected chi connectivity index (χ4v) is 0.763. The van der Waals surface area contributed by atoms with E-state index in [-0.39, 0.29) is 5.75 Å². The summed E-state index contributed by atoms with van der Waals surface area (Å²) in [5.41, 5.74) is 1.18. The van der Waals surface area contributed by atoms with Gasteiger partial charge in [0, 0.05) is 11.8 Å². The van der Waals surface area contributed by atoms with E-state index in [1.165, 1.54) is 12.1 Å². The number of rotatable bonds is 1. The van der Waals surface area contributed by atoms with Gasteiger partial charge in [0.05, 0.1) is 6.26 Å². The minimum absolute atomic E-state index is 0.0703. The van der Waals surface area contributed by atoms with E-state index in [2.05, 4.69) is 4.98 Å². The number of aliphatic hydroxyl groups excluding tert-OH is 1. The summed E-state index contributed by atoms with van der Waals surface area (Å²) in [5.74, 6) is 0.0703. The number of hydrogen-bond acceptors (Lipinski definition) is 3. The van der Waals surface area contributed by atoms with Crippen molar-refractivity contribution in [2.75, 3.05) is 0 Å². The van der Waals surface area contributed by atoms with E-state index in [1.54, 1.807) is 6.07 Å². The lowest BCUT2D eigenvalue weighted by atomic mass is 10.3. The molecule has 0 saturated heterocycles. The molecule has 58 valence electrons. The van der Waals surface area contributed by atoms with Crippen LogP contribution in [0.15, 0.2) is 18.4 Å². The van der Waals surface area contributed by atoms with Gasteiger partial charge in [0.2, 0.25) is 0 Å². The van der Waals surface area contributed by atoms with Crippen molar-refractivity contribution in [1.29, 1.82) is 0 Å². The van der Waals surface area contributed by atoms with Crippen LogP contribution < -0.4 is 0 Å². The molecule has 0 bridgehead atoms. The fourth-order valence-electron chi connectivity index (χ4n) is 0.763. The van der Waals surface area contributed by atoms with E-state index < -0.39 is 0 Å². The number of pyridine rings is 1. The lowest BCUT2D eigenvalue weighted by molar-refractivity contribution is 0.466. The van der Waals surface area contributed by atoms with Crippen LogP contribution in [0, 0.1) is 6.92 Å². The molecule has 1 aromatic rings. The molecule has 2 N–H and O–H groups in total. The maximum Gasteiger partial charge on any atom is 0.141 e. The minimum atomic E-state index is 0.0703. The van der Waals surface area contributed by atoms with Crippen LogP contribution in [0.5, 0.6) is 5.75 Å². The predicted molar refractivity (Wildman–Crippen MR) is 42.3 cm³/mol. The highest BCUT2D eigenvalue weighted by Gasteiger charge is 1.97. The highest BCUT2D eigenvalue weighted by molar-refractivity contribution is 5.51. The third-order valence-corrected chi connectivity index (χ3v) is 1.27. The summed E-state index contributed by atoms with van der Waals surface area (Å²) in [6, 6.07) is 3.24. The van der Waals surface area contributed by atoms with E-state index in [0.29, 0.717) is 5.69 Å². The maximum absolute atomic E-state index is 9.14. The lowest BCUT2D eigenvalue weighted by Crippen LogP contribution is -1.84. The zero-order chi connectivity index (χ0) is 8.27. The summed E-state index contributed by atoms with van der Waals surface area (Å²) in [7, 11) is 0. The molecule has 0 saturated carbocycles. The fraction of sp³-hybridized carbons (Fsp3) is 0.125. The molecule has 1 heterocycles. The highest BCUT2D eigenvalue weighted by Crippen LogP contribution is 2.15. The molecule has 1 aromatic heterocycles. The zero-order valence-electron chi connectivity index (χ0n) is 6.15. The van der Waals surface area contributed by atoms with Crippen LogP contribution in [0.4, 0.5) is 0 Å². The first kappa shape index (κ1) is 7.60. The van der Waals surface area contributed by atoms with Gasteiger partial charge < -0.3 is 10.2 Å². The highest BCUT2D eigenvalue weighted by atomic mass is 16.3. The van der Waals surface area contributed by atoms with Crippen molar-refractivity contribution in [2.24, 2.45) is 0 Å². The molecule has 0 aliphatic rings. The van der Waals surface area contributed by atoms with Crippen LogP contribution in [-0.4, -0.2) is 15.2 Å². The Hall–Kier alpha value is -1.51. The average Bonchev–Trinajstić information content (AvgIpc) is 1.98. The van der Waals surface area contributed by atoms with Gasteiger partial charge in [-0.1, -0.05) is 0 Å². The molecule has 11 heavy (non-hydrogen) atoms. The number of aromatic nitrogens is 1. The predicted octanol–water partition coefficient (Wildman–Crippen LogP) is 1.62. The second-order valence-electron chi connectivity index (χ2n) is 2.17. The van der Waals surface area contributed by atoms with E-state index in [1.807, 2.05) is 6.92 Å². The standard InChI is InChI=1S/C8H9NO2/c1-6-2-3-8(11)7(9-6)4-5-10/h2-5,10-11H,1H3/b5-4+. The van der Waals surface area contributed by atoms with E-state index >= 15 is 0 Å².